The molecular weight excluding hydrogens is 279 g/mol. The Balaban J connectivity index is 2.45. The zero-order valence-corrected chi connectivity index (χ0v) is 11.4. The minimum absolute atomic E-state index is 0.128. The summed E-state index contributed by atoms with van der Waals surface area (Å²) in [7, 11) is 1.52. The lowest BCUT2D eigenvalue weighted by molar-refractivity contribution is -0.137. The number of rotatable bonds is 3. The van der Waals surface area contributed by atoms with Crippen LogP contribution in [-0.4, -0.2) is 13.0 Å². The molecule has 0 aliphatic rings. The average molecular weight is 293 g/mol. The van der Waals surface area contributed by atoms with Crippen LogP contribution in [0.3, 0.4) is 0 Å². The van der Waals surface area contributed by atoms with Crippen molar-refractivity contribution in [2.75, 3.05) is 7.05 Å². The van der Waals surface area contributed by atoms with Crippen molar-refractivity contribution < 1.29 is 18.0 Å². The molecule has 0 saturated heterocycles. The summed E-state index contributed by atoms with van der Waals surface area (Å²) in [5.74, 6) is -0.186. The first kappa shape index (κ1) is 15.1. The molecule has 2 aromatic carbocycles. The Kier molecular flexibility index (Phi) is 4.31. The van der Waals surface area contributed by atoms with Crippen LogP contribution >= 0.6 is 0 Å². The Morgan fingerprint density at radius 3 is 2.48 bits per heavy atom. The highest BCUT2D eigenvalue weighted by Crippen LogP contribution is 2.33. The summed E-state index contributed by atoms with van der Waals surface area (Å²) >= 11 is 0. The fourth-order valence-electron chi connectivity index (χ4n) is 2.08. The van der Waals surface area contributed by atoms with Crippen LogP contribution in [0.4, 0.5) is 13.2 Å². The van der Waals surface area contributed by atoms with Crippen molar-refractivity contribution in [3.63, 3.8) is 0 Å². The third-order valence-electron chi connectivity index (χ3n) is 3.15. The third kappa shape index (κ3) is 3.62. The van der Waals surface area contributed by atoms with E-state index in [4.69, 9.17) is 0 Å². The van der Waals surface area contributed by atoms with Gasteiger partial charge < -0.3 is 5.32 Å². The first-order chi connectivity index (χ1) is 9.91. The number of likely N-dealkylation sites (N-methyl/N-ethyl adjacent to an activating group) is 1. The Hall–Kier alpha value is -2.30. The van der Waals surface area contributed by atoms with Gasteiger partial charge in [-0.1, -0.05) is 36.4 Å². The first-order valence-corrected chi connectivity index (χ1v) is 6.38. The molecule has 1 N–H and O–H groups in total. The van der Waals surface area contributed by atoms with E-state index >= 15 is 0 Å². The highest BCUT2D eigenvalue weighted by Gasteiger charge is 2.30. The van der Waals surface area contributed by atoms with E-state index in [1.165, 1.54) is 13.1 Å². The van der Waals surface area contributed by atoms with Gasteiger partial charge in [0, 0.05) is 7.05 Å². The molecular formula is C16H14F3NO. The summed E-state index contributed by atoms with van der Waals surface area (Å²) in [6, 6.07) is 12.1. The van der Waals surface area contributed by atoms with E-state index in [9.17, 15) is 18.0 Å². The van der Waals surface area contributed by atoms with Crippen molar-refractivity contribution in [2.45, 2.75) is 12.6 Å². The molecule has 1 amide bonds. The molecule has 110 valence electrons. The Morgan fingerprint density at radius 2 is 1.81 bits per heavy atom. The van der Waals surface area contributed by atoms with Crippen molar-refractivity contribution in [3.05, 3.63) is 59.7 Å². The largest absolute Gasteiger partial charge is 0.416 e. The van der Waals surface area contributed by atoms with E-state index in [1.54, 1.807) is 30.3 Å². The summed E-state index contributed by atoms with van der Waals surface area (Å²) < 4.78 is 38.4. The normalized spacial score (nSPS) is 11.2. The maximum Gasteiger partial charge on any atom is 0.416 e. The van der Waals surface area contributed by atoms with Gasteiger partial charge in [0.2, 0.25) is 5.91 Å². The number of nitrogens with one attached hydrogen (secondary N) is 1. The zero-order chi connectivity index (χ0) is 15.5. The average Bonchev–Trinajstić information content (AvgIpc) is 2.47. The van der Waals surface area contributed by atoms with Crippen molar-refractivity contribution in [1.29, 1.82) is 0 Å². The second-order valence-electron chi connectivity index (χ2n) is 4.59. The Bertz CT molecular complexity index is 650. The van der Waals surface area contributed by atoms with Gasteiger partial charge in [-0.3, -0.25) is 4.79 Å². The lowest BCUT2D eigenvalue weighted by atomic mass is 9.96. The Labute approximate surface area is 120 Å². The summed E-state index contributed by atoms with van der Waals surface area (Å²) in [6.45, 7) is 0. The van der Waals surface area contributed by atoms with Crippen LogP contribution in [0.25, 0.3) is 11.1 Å². The van der Waals surface area contributed by atoms with Crippen LogP contribution < -0.4 is 5.32 Å². The fourth-order valence-corrected chi connectivity index (χ4v) is 2.08. The van der Waals surface area contributed by atoms with Gasteiger partial charge in [0.15, 0.2) is 0 Å². The molecule has 0 saturated carbocycles. The summed E-state index contributed by atoms with van der Waals surface area (Å²) in [5, 5.41) is 2.51. The lowest BCUT2D eigenvalue weighted by Gasteiger charge is -2.12. The van der Waals surface area contributed by atoms with Gasteiger partial charge in [0.1, 0.15) is 0 Å². The summed E-state index contributed by atoms with van der Waals surface area (Å²) in [5.41, 5.74) is 1.07. The number of carbonyl (C=O) groups is 1. The SMILES string of the molecule is CNC(=O)Cc1ccccc1-c1cccc(C(F)(F)F)c1. The van der Waals surface area contributed by atoms with E-state index in [0.29, 0.717) is 16.7 Å². The zero-order valence-electron chi connectivity index (χ0n) is 11.4. The van der Waals surface area contributed by atoms with Gasteiger partial charge in [-0.25, -0.2) is 0 Å². The molecule has 0 unspecified atom stereocenters. The lowest BCUT2D eigenvalue weighted by Crippen LogP contribution is -2.20. The quantitative estimate of drug-likeness (QED) is 0.919. The predicted octanol–water partition coefficient (Wildman–Crippen LogP) is 3.66. The fraction of sp³-hybridized carbons (Fsp3) is 0.188. The number of hydrogen-bond donors (Lipinski definition) is 1. The number of alkyl halides is 3. The minimum Gasteiger partial charge on any atom is -0.359 e. The molecule has 2 nitrogen and oxygen atoms in total. The second-order valence-corrected chi connectivity index (χ2v) is 4.59. The highest BCUT2D eigenvalue weighted by atomic mass is 19.4. The maximum absolute atomic E-state index is 12.8. The van der Waals surface area contributed by atoms with Gasteiger partial charge in [-0.15, -0.1) is 0 Å². The van der Waals surface area contributed by atoms with E-state index < -0.39 is 11.7 Å². The van der Waals surface area contributed by atoms with E-state index in [0.717, 1.165) is 12.1 Å². The molecule has 0 radical (unpaired) electrons. The third-order valence-corrected chi connectivity index (χ3v) is 3.15. The molecule has 2 rings (SSSR count). The van der Waals surface area contributed by atoms with Crippen molar-refractivity contribution in [3.8, 4) is 11.1 Å². The van der Waals surface area contributed by atoms with Crippen LogP contribution in [0.2, 0.25) is 0 Å². The highest BCUT2D eigenvalue weighted by molar-refractivity contribution is 5.81. The van der Waals surface area contributed by atoms with Crippen molar-refractivity contribution in [1.82, 2.24) is 5.32 Å². The van der Waals surface area contributed by atoms with Crippen LogP contribution in [0.5, 0.6) is 0 Å². The molecule has 0 bridgehead atoms. The monoisotopic (exact) mass is 293 g/mol. The van der Waals surface area contributed by atoms with Crippen LogP contribution in [0.1, 0.15) is 11.1 Å². The molecule has 0 heterocycles. The molecule has 2 aromatic rings. The Morgan fingerprint density at radius 1 is 1.10 bits per heavy atom. The number of amides is 1. The number of benzene rings is 2. The van der Waals surface area contributed by atoms with Gasteiger partial charge in [0.25, 0.3) is 0 Å². The first-order valence-electron chi connectivity index (χ1n) is 6.38. The number of halogens is 3. The van der Waals surface area contributed by atoms with E-state index in [1.807, 2.05) is 0 Å². The van der Waals surface area contributed by atoms with E-state index in [2.05, 4.69) is 5.32 Å². The molecule has 0 aromatic heterocycles. The van der Waals surface area contributed by atoms with Crippen LogP contribution in [0, 0.1) is 0 Å². The maximum atomic E-state index is 12.8. The van der Waals surface area contributed by atoms with Crippen LogP contribution in [0.15, 0.2) is 48.5 Å². The van der Waals surface area contributed by atoms with Gasteiger partial charge in [0.05, 0.1) is 12.0 Å². The van der Waals surface area contributed by atoms with Gasteiger partial charge in [-0.05, 0) is 28.8 Å². The van der Waals surface area contributed by atoms with Gasteiger partial charge in [-0.2, -0.15) is 13.2 Å². The number of carbonyl (C=O) groups excluding carboxylic acids is 1. The second kappa shape index (κ2) is 5.99. The molecule has 0 aliphatic heterocycles. The molecule has 21 heavy (non-hydrogen) atoms. The summed E-state index contributed by atoms with van der Waals surface area (Å²) in [4.78, 5) is 11.5. The predicted molar refractivity (Wildman–Crippen MR) is 74.7 cm³/mol. The van der Waals surface area contributed by atoms with Crippen LogP contribution in [-0.2, 0) is 17.4 Å². The van der Waals surface area contributed by atoms with Crippen molar-refractivity contribution in [2.24, 2.45) is 0 Å². The van der Waals surface area contributed by atoms with Gasteiger partial charge >= 0.3 is 6.18 Å². The molecule has 0 fully saturated rings. The smallest absolute Gasteiger partial charge is 0.359 e. The topological polar surface area (TPSA) is 29.1 Å². The number of hydrogen-bond acceptors (Lipinski definition) is 1. The molecule has 0 spiro atoms. The van der Waals surface area contributed by atoms with E-state index in [-0.39, 0.29) is 12.3 Å². The molecule has 0 aliphatic carbocycles. The minimum atomic E-state index is -4.38. The molecule has 5 heteroatoms. The standard InChI is InChI=1S/C16H14F3NO/c1-20-15(21)10-12-5-2-3-8-14(12)11-6-4-7-13(9-11)16(17,18)19/h2-9H,10H2,1H3,(H,20,21). The molecule has 0 atom stereocenters. The van der Waals surface area contributed by atoms with Crippen molar-refractivity contribution >= 4 is 5.91 Å². The summed E-state index contributed by atoms with van der Waals surface area (Å²) in [6.07, 6.45) is -4.26.